The summed E-state index contributed by atoms with van der Waals surface area (Å²) in [5.74, 6) is 0.719. The van der Waals surface area contributed by atoms with E-state index >= 15 is 0 Å². The Hall–Kier alpha value is -2.81. The van der Waals surface area contributed by atoms with E-state index in [1.807, 2.05) is 11.0 Å². The van der Waals surface area contributed by atoms with Crippen LogP contribution in [-0.4, -0.2) is 74.1 Å². The molecular formula is C28H41N3O6. The minimum absolute atomic E-state index is 0.161. The monoisotopic (exact) mass is 515 g/mol. The van der Waals surface area contributed by atoms with Gasteiger partial charge in [-0.2, -0.15) is 0 Å². The van der Waals surface area contributed by atoms with E-state index in [4.69, 9.17) is 14.2 Å². The fourth-order valence-corrected chi connectivity index (χ4v) is 5.76. The van der Waals surface area contributed by atoms with Crippen LogP contribution in [0.15, 0.2) is 12.1 Å². The first-order chi connectivity index (χ1) is 18.0. The van der Waals surface area contributed by atoms with Gasteiger partial charge in [-0.05, 0) is 44.7 Å². The number of unbranched alkanes of at least 4 members (excludes halogenated alkanes) is 6. The van der Waals surface area contributed by atoms with Crippen molar-refractivity contribution in [1.29, 1.82) is 0 Å². The van der Waals surface area contributed by atoms with Crippen LogP contribution in [-0.2, 0) is 9.53 Å². The van der Waals surface area contributed by atoms with E-state index in [0.29, 0.717) is 30.0 Å². The van der Waals surface area contributed by atoms with E-state index in [2.05, 4.69) is 10.2 Å². The molecule has 0 aromatic heterocycles. The molecule has 9 nitrogen and oxygen atoms in total. The molecule has 0 aliphatic carbocycles. The molecule has 2 fully saturated rings. The van der Waals surface area contributed by atoms with Crippen LogP contribution in [0.5, 0.6) is 11.5 Å². The number of rotatable bonds is 13. The Balaban J connectivity index is 1.04. The second-order valence-electron chi connectivity index (χ2n) is 10.3. The third kappa shape index (κ3) is 6.94. The van der Waals surface area contributed by atoms with Gasteiger partial charge in [-0.25, -0.2) is 9.59 Å². The first-order valence-corrected chi connectivity index (χ1v) is 13.8. The van der Waals surface area contributed by atoms with Gasteiger partial charge >= 0.3 is 12.0 Å². The molecule has 0 bridgehead atoms. The lowest BCUT2D eigenvalue weighted by atomic mass is 9.98. The van der Waals surface area contributed by atoms with Gasteiger partial charge in [0.05, 0.1) is 14.2 Å². The predicted octanol–water partition coefficient (Wildman–Crippen LogP) is 4.44. The minimum Gasteiger partial charge on any atom is -0.497 e. The Labute approximate surface area is 219 Å². The number of ether oxygens (including phenoxy) is 3. The second-order valence-corrected chi connectivity index (χ2v) is 10.3. The molecule has 0 saturated carbocycles. The smallest absolute Gasteiger partial charge is 0.342 e. The first-order valence-electron chi connectivity index (χ1n) is 13.8. The van der Waals surface area contributed by atoms with Crippen molar-refractivity contribution in [3.8, 4) is 11.5 Å². The van der Waals surface area contributed by atoms with Crippen LogP contribution < -0.4 is 14.8 Å². The zero-order valence-corrected chi connectivity index (χ0v) is 22.3. The van der Waals surface area contributed by atoms with Crippen LogP contribution in [0.4, 0.5) is 4.79 Å². The predicted molar refractivity (Wildman–Crippen MR) is 139 cm³/mol. The Morgan fingerprint density at radius 3 is 2.30 bits per heavy atom. The molecule has 0 radical (unpaired) electrons. The van der Waals surface area contributed by atoms with Crippen molar-refractivity contribution in [2.24, 2.45) is 0 Å². The highest BCUT2D eigenvalue weighted by atomic mass is 16.6. The van der Waals surface area contributed by atoms with Crippen LogP contribution >= 0.6 is 0 Å². The van der Waals surface area contributed by atoms with E-state index in [1.54, 1.807) is 20.3 Å². The lowest BCUT2D eigenvalue weighted by molar-refractivity contribution is -0.121. The summed E-state index contributed by atoms with van der Waals surface area (Å²) in [6, 6.07) is 3.66. The van der Waals surface area contributed by atoms with Crippen molar-refractivity contribution in [2.45, 2.75) is 82.8 Å². The van der Waals surface area contributed by atoms with Crippen molar-refractivity contribution >= 4 is 17.9 Å². The number of piperidine rings is 1. The molecule has 1 aromatic rings. The maximum Gasteiger partial charge on any atom is 0.342 e. The van der Waals surface area contributed by atoms with Crippen LogP contribution in [0.1, 0.15) is 92.7 Å². The fraction of sp³-hybridized carbons (Fsp3) is 0.679. The molecular weight excluding hydrogens is 474 g/mol. The Morgan fingerprint density at radius 1 is 0.919 bits per heavy atom. The molecule has 3 aliphatic rings. The highest BCUT2D eigenvalue weighted by molar-refractivity contribution is 5.97. The van der Waals surface area contributed by atoms with E-state index in [-0.39, 0.29) is 30.1 Å². The van der Waals surface area contributed by atoms with Crippen molar-refractivity contribution in [1.82, 2.24) is 15.1 Å². The van der Waals surface area contributed by atoms with Gasteiger partial charge in [0.2, 0.25) is 5.91 Å². The summed E-state index contributed by atoms with van der Waals surface area (Å²) >= 11 is 0. The summed E-state index contributed by atoms with van der Waals surface area (Å²) < 4.78 is 16.4. The largest absolute Gasteiger partial charge is 0.497 e. The number of fused-ring (bicyclic) bond motifs is 1. The van der Waals surface area contributed by atoms with Gasteiger partial charge in [0.1, 0.15) is 23.2 Å². The average molecular weight is 516 g/mol. The number of benzene rings is 1. The number of imide groups is 1. The molecule has 1 aromatic carbocycles. The molecule has 3 heterocycles. The molecule has 2 saturated heterocycles. The summed E-state index contributed by atoms with van der Waals surface area (Å²) in [4.78, 5) is 40.1. The van der Waals surface area contributed by atoms with E-state index < -0.39 is 0 Å². The molecule has 37 heavy (non-hydrogen) atoms. The lowest BCUT2D eigenvalue weighted by Crippen LogP contribution is -2.56. The van der Waals surface area contributed by atoms with Gasteiger partial charge in [-0.1, -0.05) is 32.1 Å². The Bertz CT molecular complexity index is 959. The number of carbonyl (C=O) groups is 3. The summed E-state index contributed by atoms with van der Waals surface area (Å²) in [7, 11) is 3.16. The molecule has 1 N–H and O–H groups in total. The van der Waals surface area contributed by atoms with E-state index in [9.17, 15) is 14.4 Å². The topological polar surface area (TPSA) is 97.4 Å². The standard InChI is InChI=1S/C28H41N3O6/c1-35-21-18-22-23(37-27(33)26(22)24(19-21)36-2)10-8-6-4-3-5-7-9-14-30-15-11-20(12-16-30)31-17-13-25(32)29-28(31)34/h18-20,23H,3-17H2,1-2H3,(H,29,32,34)/t23-/m1/s1. The third-order valence-electron chi connectivity index (χ3n) is 7.89. The second kappa shape index (κ2) is 13.1. The number of nitrogens with zero attached hydrogens (tertiary/aromatic N) is 2. The number of likely N-dealkylation sites (tertiary alicyclic amines) is 1. The Morgan fingerprint density at radius 2 is 1.62 bits per heavy atom. The summed E-state index contributed by atoms with van der Waals surface area (Å²) in [6.45, 7) is 3.72. The third-order valence-corrected chi connectivity index (χ3v) is 7.89. The number of hydrogen-bond donors (Lipinski definition) is 1. The molecule has 9 heteroatoms. The number of carbonyl (C=O) groups excluding carboxylic acids is 3. The molecule has 0 spiro atoms. The van der Waals surface area contributed by atoms with Crippen LogP contribution in [0, 0.1) is 0 Å². The van der Waals surface area contributed by atoms with E-state index in [0.717, 1.165) is 57.3 Å². The van der Waals surface area contributed by atoms with Gasteiger partial charge in [-0.3, -0.25) is 10.1 Å². The molecule has 3 aliphatic heterocycles. The summed E-state index contributed by atoms with van der Waals surface area (Å²) in [5, 5.41) is 2.44. The number of nitrogens with one attached hydrogen (secondary N) is 1. The molecule has 204 valence electrons. The van der Waals surface area contributed by atoms with Gasteiger partial charge in [0.25, 0.3) is 0 Å². The number of amides is 3. The molecule has 4 rings (SSSR count). The summed E-state index contributed by atoms with van der Waals surface area (Å²) in [6.07, 6.45) is 11.3. The zero-order valence-electron chi connectivity index (χ0n) is 22.3. The van der Waals surface area contributed by atoms with Crippen molar-refractivity contribution < 1.29 is 28.6 Å². The van der Waals surface area contributed by atoms with Gasteiger partial charge in [0.15, 0.2) is 0 Å². The van der Waals surface area contributed by atoms with Crippen LogP contribution in [0.25, 0.3) is 0 Å². The quantitative estimate of drug-likeness (QED) is 0.306. The Kier molecular flexibility index (Phi) is 9.66. The van der Waals surface area contributed by atoms with Gasteiger partial charge < -0.3 is 24.0 Å². The van der Waals surface area contributed by atoms with E-state index in [1.165, 1.54) is 32.1 Å². The molecule has 0 unspecified atom stereocenters. The maximum atomic E-state index is 12.3. The number of cyclic esters (lactones) is 1. The number of urea groups is 1. The average Bonchev–Trinajstić information content (AvgIpc) is 3.22. The number of methoxy groups -OCH3 is 2. The minimum atomic E-state index is -0.308. The fourth-order valence-electron chi connectivity index (χ4n) is 5.76. The summed E-state index contributed by atoms with van der Waals surface area (Å²) in [5.41, 5.74) is 1.41. The first kappa shape index (κ1) is 27.2. The highest BCUT2D eigenvalue weighted by Crippen LogP contribution is 2.41. The van der Waals surface area contributed by atoms with Crippen molar-refractivity contribution in [3.05, 3.63) is 23.3 Å². The maximum absolute atomic E-state index is 12.3. The van der Waals surface area contributed by atoms with Gasteiger partial charge in [0, 0.05) is 43.7 Å². The molecule has 3 amide bonds. The molecule has 1 atom stereocenters. The zero-order chi connectivity index (χ0) is 26.2. The highest BCUT2D eigenvalue weighted by Gasteiger charge is 2.35. The SMILES string of the molecule is COc1cc(OC)c2c(c1)[C@@H](CCCCCCCCCN1CCC(N3CCC(=O)NC3=O)CC1)OC2=O. The number of esters is 1. The van der Waals surface area contributed by atoms with Crippen molar-refractivity contribution in [3.63, 3.8) is 0 Å². The van der Waals surface area contributed by atoms with Gasteiger partial charge in [-0.15, -0.1) is 0 Å². The van der Waals surface area contributed by atoms with Crippen molar-refractivity contribution in [2.75, 3.05) is 40.4 Å². The van der Waals surface area contributed by atoms with Crippen LogP contribution in [0.3, 0.4) is 0 Å². The number of hydrogen-bond acceptors (Lipinski definition) is 7. The van der Waals surface area contributed by atoms with Crippen LogP contribution in [0.2, 0.25) is 0 Å². The lowest BCUT2D eigenvalue weighted by Gasteiger charge is -2.39. The normalized spacial score (nSPS) is 20.5.